The topological polar surface area (TPSA) is 66.8 Å². The maximum absolute atomic E-state index is 12.0. The monoisotopic (exact) mass is 269 g/mol. The van der Waals surface area contributed by atoms with E-state index in [2.05, 4.69) is 0 Å². The average molecular weight is 269 g/mol. The van der Waals surface area contributed by atoms with Gasteiger partial charge in [-0.2, -0.15) is 0 Å². The minimum atomic E-state index is -0.826. The van der Waals surface area contributed by atoms with Crippen molar-refractivity contribution in [3.63, 3.8) is 0 Å². The number of hydrogen-bond donors (Lipinski definition) is 1. The molecule has 1 saturated carbocycles. The van der Waals surface area contributed by atoms with E-state index in [1.54, 1.807) is 0 Å². The molecular weight excluding hydrogens is 246 g/mol. The van der Waals surface area contributed by atoms with Gasteiger partial charge in [-0.3, -0.25) is 9.59 Å². The SMILES string of the molecule is O=C(O)CCOC1CCN(C(=O)CC2CCC2)CC1. The second-order valence-corrected chi connectivity index (χ2v) is 5.60. The van der Waals surface area contributed by atoms with E-state index in [0.717, 1.165) is 25.9 Å². The Hall–Kier alpha value is -1.10. The highest BCUT2D eigenvalue weighted by Gasteiger charge is 2.27. The molecule has 108 valence electrons. The summed E-state index contributed by atoms with van der Waals surface area (Å²) < 4.78 is 5.52. The largest absolute Gasteiger partial charge is 0.481 e. The standard InChI is InChI=1S/C14H23NO4/c16-13(10-11-2-1-3-11)15-7-4-12(5-8-15)19-9-6-14(17)18/h11-12H,1-10H2,(H,17,18). The fourth-order valence-electron chi connectivity index (χ4n) is 2.66. The predicted octanol–water partition coefficient (Wildman–Crippen LogP) is 1.66. The molecule has 5 heteroatoms. The molecule has 5 nitrogen and oxygen atoms in total. The van der Waals surface area contributed by atoms with Crippen LogP contribution in [0.25, 0.3) is 0 Å². The van der Waals surface area contributed by atoms with Gasteiger partial charge >= 0.3 is 5.97 Å². The Balaban J connectivity index is 1.61. The molecule has 1 saturated heterocycles. The van der Waals surface area contributed by atoms with Crippen molar-refractivity contribution in [3.05, 3.63) is 0 Å². The van der Waals surface area contributed by atoms with Gasteiger partial charge in [-0.25, -0.2) is 0 Å². The quantitative estimate of drug-likeness (QED) is 0.796. The van der Waals surface area contributed by atoms with Crippen molar-refractivity contribution in [2.45, 2.75) is 51.0 Å². The number of ether oxygens (including phenoxy) is 1. The number of carboxylic acid groups (broad SMARTS) is 1. The molecule has 0 aromatic rings. The highest BCUT2D eigenvalue weighted by Crippen LogP contribution is 2.30. The molecule has 1 N–H and O–H groups in total. The third-order valence-electron chi connectivity index (χ3n) is 4.15. The van der Waals surface area contributed by atoms with E-state index in [1.807, 2.05) is 4.90 Å². The molecule has 2 aliphatic rings. The number of aliphatic carboxylic acids is 1. The van der Waals surface area contributed by atoms with Crippen LogP contribution in [0.2, 0.25) is 0 Å². The lowest BCUT2D eigenvalue weighted by molar-refractivity contribution is -0.139. The Morgan fingerprint density at radius 3 is 2.37 bits per heavy atom. The summed E-state index contributed by atoms with van der Waals surface area (Å²) in [4.78, 5) is 24.3. The van der Waals surface area contributed by atoms with E-state index in [9.17, 15) is 9.59 Å². The van der Waals surface area contributed by atoms with Crippen molar-refractivity contribution in [2.24, 2.45) is 5.92 Å². The zero-order valence-electron chi connectivity index (χ0n) is 11.3. The Morgan fingerprint density at radius 1 is 1.16 bits per heavy atom. The van der Waals surface area contributed by atoms with Gasteiger partial charge < -0.3 is 14.7 Å². The summed E-state index contributed by atoms with van der Waals surface area (Å²) in [5.41, 5.74) is 0. The molecule has 0 unspecified atom stereocenters. The van der Waals surface area contributed by atoms with Gasteiger partial charge in [0.25, 0.3) is 0 Å². The Kier molecular flexibility index (Phi) is 5.19. The van der Waals surface area contributed by atoms with Crippen LogP contribution in [-0.4, -0.2) is 47.7 Å². The molecule has 19 heavy (non-hydrogen) atoms. The number of piperidine rings is 1. The van der Waals surface area contributed by atoms with Crippen LogP contribution in [0.1, 0.15) is 44.9 Å². The first-order chi connectivity index (χ1) is 9.15. The molecule has 2 rings (SSSR count). The Morgan fingerprint density at radius 2 is 1.84 bits per heavy atom. The molecule has 0 bridgehead atoms. The molecule has 0 aromatic carbocycles. The first-order valence-electron chi connectivity index (χ1n) is 7.26. The second kappa shape index (κ2) is 6.89. The van der Waals surface area contributed by atoms with Gasteiger partial charge in [0.05, 0.1) is 19.1 Å². The highest BCUT2D eigenvalue weighted by molar-refractivity contribution is 5.76. The molecule has 1 heterocycles. The molecule has 0 spiro atoms. The van der Waals surface area contributed by atoms with E-state index < -0.39 is 5.97 Å². The number of carbonyl (C=O) groups excluding carboxylic acids is 1. The lowest BCUT2D eigenvalue weighted by atomic mass is 9.82. The zero-order valence-corrected chi connectivity index (χ0v) is 11.3. The third-order valence-corrected chi connectivity index (χ3v) is 4.15. The van der Waals surface area contributed by atoms with Crippen LogP contribution in [0.3, 0.4) is 0 Å². The minimum absolute atomic E-state index is 0.0564. The van der Waals surface area contributed by atoms with Crippen molar-refractivity contribution < 1.29 is 19.4 Å². The van der Waals surface area contributed by atoms with Crippen LogP contribution in [0.5, 0.6) is 0 Å². The summed E-state index contributed by atoms with van der Waals surface area (Å²) in [5, 5.41) is 8.54. The van der Waals surface area contributed by atoms with Crippen molar-refractivity contribution >= 4 is 11.9 Å². The van der Waals surface area contributed by atoms with Crippen LogP contribution in [-0.2, 0) is 14.3 Å². The molecular formula is C14H23NO4. The maximum Gasteiger partial charge on any atom is 0.305 e. The number of likely N-dealkylation sites (tertiary alicyclic amines) is 1. The van der Waals surface area contributed by atoms with E-state index >= 15 is 0 Å². The molecule has 1 amide bonds. The molecule has 1 aliphatic heterocycles. The van der Waals surface area contributed by atoms with Gasteiger partial charge in [0.2, 0.25) is 5.91 Å². The highest BCUT2D eigenvalue weighted by atomic mass is 16.5. The van der Waals surface area contributed by atoms with Crippen molar-refractivity contribution in [1.82, 2.24) is 4.90 Å². The Bertz CT molecular complexity index is 319. The number of hydrogen-bond acceptors (Lipinski definition) is 3. The van der Waals surface area contributed by atoms with Crippen LogP contribution in [0.4, 0.5) is 0 Å². The molecule has 0 radical (unpaired) electrons. The van der Waals surface area contributed by atoms with Gasteiger partial charge in [-0.15, -0.1) is 0 Å². The molecule has 0 aromatic heterocycles. The third kappa shape index (κ3) is 4.49. The summed E-state index contributed by atoms with van der Waals surface area (Å²) in [6.45, 7) is 1.78. The van der Waals surface area contributed by atoms with Gasteiger partial charge in [0.1, 0.15) is 0 Å². The smallest absolute Gasteiger partial charge is 0.305 e. The lowest BCUT2D eigenvalue weighted by Gasteiger charge is -2.34. The molecule has 0 atom stereocenters. The summed E-state index contributed by atoms with van der Waals surface area (Å²) in [6.07, 6.45) is 6.24. The van der Waals surface area contributed by atoms with Gasteiger partial charge in [0.15, 0.2) is 0 Å². The normalized spacial score (nSPS) is 21.2. The van der Waals surface area contributed by atoms with Gasteiger partial charge in [-0.05, 0) is 31.6 Å². The summed E-state index contributed by atoms with van der Waals surface area (Å²) >= 11 is 0. The number of carboxylic acids is 1. The number of nitrogens with zero attached hydrogens (tertiary/aromatic N) is 1. The number of carbonyl (C=O) groups is 2. The number of rotatable bonds is 6. The van der Waals surface area contributed by atoms with Crippen LogP contribution >= 0.6 is 0 Å². The molecule has 2 fully saturated rings. The van der Waals surface area contributed by atoms with Gasteiger partial charge in [-0.1, -0.05) is 6.42 Å². The van der Waals surface area contributed by atoms with Crippen LogP contribution in [0, 0.1) is 5.92 Å². The Labute approximate surface area is 113 Å². The van der Waals surface area contributed by atoms with E-state index in [-0.39, 0.29) is 25.0 Å². The minimum Gasteiger partial charge on any atom is -0.481 e. The summed E-state index contributed by atoms with van der Waals surface area (Å²) in [7, 11) is 0. The van der Waals surface area contributed by atoms with E-state index in [0.29, 0.717) is 12.3 Å². The fourth-order valence-corrected chi connectivity index (χ4v) is 2.66. The van der Waals surface area contributed by atoms with Crippen LogP contribution < -0.4 is 0 Å². The number of amides is 1. The lowest BCUT2D eigenvalue weighted by Crippen LogP contribution is -2.42. The van der Waals surface area contributed by atoms with Crippen molar-refractivity contribution in [3.8, 4) is 0 Å². The second-order valence-electron chi connectivity index (χ2n) is 5.60. The fraction of sp³-hybridized carbons (Fsp3) is 0.857. The van der Waals surface area contributed by atoms with E-state index in [1.165, 1.54) is 19.3 Å². The summed E-state index contributed by atoms with van der Waals surface area (Å²) in [5.74, 6) is 0.0823. The van der Waals surface area contributed by atoms with Crippen LogP contribution in [0.15, 0.2) is 0 Å². The van der Waals surface area contributed by atoms with Crippen molar-refractivity contribution in [1.29, 1.82) is 0 Å². The van der Waals surface area contributed by atoms with Crippen molar-refractivity contribution in [2.75, 3.05) is 19.7 Å². The zero-order chi connectivity index (χ0) is 13.7. The van der Waals surface area contributed by atoms with Gasteiger partial charge in [0, 0.05) is 19.5 Å². The predicted molar refractivity (Wildman–Crippen MR) is 69.8 cm³/mol. The maximum atomic E-state index is 12.0. The molecule has 1 aliphatic carbocycles. The first kappa shape index (κ1) is 14.3. The first-order valence-corrected chi connectivity index (χ1v) is 7.26. The summed E-state index contributed by atoms with van der Waals surface area (Å²) in [6, 6.07) is 0. The van der Waals surface area contributed by atoms with E-state index in [4.69, 9.17) is 9.84 Å². The average Bonchev–Trinajstić information content (AvgIpc) is 2.34.